The van der Waals surface area contributed by atoms with Gasteiger partial charge in [0.05, 0.1) is 0 Å². The van der Waals surface area contributed by atoms with Crippen LogP contribution in [0.2, 0.25) is 0 Å². The monoisotopic (exact) mass is 283 g/mol. The van der Waals surface area contributed by atoms with Gasteiger partial charge in [-0.05, 0) is 24.1 Å². The summed E-state index contributed by atoms with van der Waals surface area (Å²) < 4.78 is 11.1. The van der Waals surface area contributed by atoms with Gasteiger partial charge in [0, 0.05) is 41.3 Å². The van der Waals surface area contributed by atoms with Crippen LogP contribution >= 0.6 is 0 Å². The van der Waals surface area contributed by atoms with Crippen LogP contribution in [-0.4, -0.2) is 34.0 Å². The van der Waals surface area contributed by atoms with E-state index in [2.05, 4.69) is 5.32 Å². The Balaban J connectivity index is 2.52. The van der Waals surface area contributed by atoms with E-state index in [1.165, 1.54) is 0 Å². The van der Waals surface area contributed by atoms with E-state index < -0.39 is 16.8 Å². The minimum Gasteiger partial charge on any atom is -0.481 e. The molecule has 0 spiro atoms. The van der Waals surface area contributed by atoms with Crippen molar-refractivity contribution in [3.63, 3.8) is 0 Å². The van der Waals surface area contributed by atoms with Gasteiger partial charge in [0.15, 0.2) is 0 Å². The summed E-state index contributed by atoms with van der Waals surface area (Å²) in [7, 11) is -0.947. The number of carbonyl (C=O) groups is 2. The highest BCUT2D eigenvalue weighted by Gasteiger charge is 2.06. The zero-order valence-electron chi connectivity index (χ0n) is 10.7. The van der Waals surface area contributed by atoms with Crippen molar-refractivity contribution >= 4 is 22.7 Å². The standard InChI is InChI=1S/C13H17NO4S/c1-19(18)9-10-4-2-5-11(8-10)13(17)14-7-3-6-12(15)16/h2,4-5,8H,3,6-7,9H2,1H3,(H,14,17)(H,15,16). The first-order chi connectivity index (χ1) is 8.99. The van der Waals surface area contributed by atoms with Gasteiger partial charge >= 0.3 is 5.97 Å². The number of hydrogen-bond donors (Lipinski definition) is 2. The molecule has 1 unspecified atom stereocenters. The summed E-state index contributed by atoms with van der Waals surface area (Å²) in [5.41, 5.74) is 1.34. The van der Waals surface area contributed by atoms with Crippen LogP contribution in [0.3, 0.4) is 0 Å². The van der Waals surface area contributed by atoms with Gasteiger partial charge in [-0.2, -0.15) is 0 Å². The lowest BCUT2D eigenvalue weighted by atomic mass is 10.1. The first kappa shape index (κ1) is 15.4. The Morgan fingerprint density at radius 2 is 2.11 bits per heavy atom. The smallest absolute Gasteiger partial charge is 0.303 e. The summed E-state index contributed by atoms with van der Waals surface area (Å²) in [6, 6.07) is 6.94. The first-order valence-corrected chi connectivity index (χ1v) is 7.60. The minimum atomic E-state index is -0.947. The second-order valence-electron chi connectivity index (χ2n) is 4.17. The van der Waals surface area contributed by atoms with Crippen LogP contribution in [0.4, 0.5) is 0 Å². The van der Waals surface area contributed by atoms with Crippen molar-refractivity contribution in [1.29, 1.82) is 0 Å². The van der Waals surface area contributed by atoms with Crippen molar-refractivity contribution in [2.24, 2.45) is 0 Å². The third-order valence-corrected chi connectivity index (χ3v) is 3.15. The van der Waals surface area contributed by atoms with E-state index >= 15 is 0 Å². The minimum absolute atomic E-state index is 0.0368. The number of hydrogen-bond acceptors (Lipinski definition) is 3. The molecular weight excluding hydrogens is 266 g/mol. The molecule has 104 valence electrons. The van der Waals surface area contributed by atoms with Crippen molar-refractivity contribution in [3.05, 3.63) is 35.4 Å². The molecule has 0 saturated heterocycles. The van der Waals surface area contributed by atoms with Crippen molar-refractivity contribution in [2.75, 3.05) is 12.8 Å². The lowest BCUT2D eigenvalue weighted by Crippen LogP contribution is -2.25. The molecule has 0 radical (unpaired) electrons. The van der Waals surface area contributed by atoms with E-state index in [4.69, 9.17) is 5.11 Å². The number of benzene rings is 1. The van der Waals surface area contributed by atoms with Gasteiger partial charge in [-0.25, -0.2) is 0 Å². The highest BCUT2D eigenvalue weighted by Crippen LogP contribution is 2.07. The Kier molecular flexibility index (Phi) is 6.21. The predicted octanol–water partition coefficient (Wildman–Crippen LogP) is 1.16. The SMILES string of the molecule is CS(=O)Cc1cccc(C(=O)NCCCC(=O)O)c1. The molecule has 2 N–H and O–H groups in total. The van der Waals surface area contributed by atoms with Crippen LogP contribution in [0.25, 0.3) is 0 Å². The molecule has 1 aromatic rings. The fourth-order valence-corrected chi connectivity index (χ4v) is 2.23. The third kappa shape index (κ3) is 6.15. The molecule has 19 heavy (non-hydrogen) atoms. The molecule has 0 aliphatic carbocycles. The normalized spacial score (nSPS) is 11.8. The van der Waals surface area contributed by atoms with Crippen LogP contribution in [-0.2, 0) is 21.3 Å². The van der Waals surface area contributed by atoms with Gasteiger partial charge in [-0.15, -0.1) is 0 Å². The van der Waals surface area contributed by atoms with E-state index in [-0.39, 0.29) is 12.3 Å². The largest absolute Gasteiger partial charge is 0.481 e. The van der Waals surface area contributed by atoms with E-state index in [0.29, 0.717) is 24.3 Å². The maximum Gasteiger partial charge on any atom is 0.303 e. The second-order valence-corrected chi connectivity index (χ2v) is 5.61. The molecule has 0 fully saturated rings. The van der Waals surface area contributed by atoms with Gasteiger partial charge in [0.1, 0.15) is 0 Å². The molecule has 5 nitrogen and oxygen atoms in total. The average molecular weight is 283 g/mol. The van der Waals surface area contributed by atoms with Gasteiger partial charge < -0.3 is 10.4 Å². The van der Waals surface area contributed by atoms with Crippen molar-refractivity contribution in [3.8, 4) is 0 Å². The molecule has 0 bridgehead atoms. The molecular formula is C13H17NO4S. The summed E-state index contributed by atoms with van der Waals surface area (Å²) in [5, 5.41) is 11.1. The second kappa shape index (κ2) is 7.68. The average Bonchev–Trinajstić information content (AvgIpc) is 2.33. The Morgan fingerprint density at radius 1 is 1.37 bits per heavy atom. The van der Waals surface area contributed by atoms with Crippen molar-refractivity contribution < 1.29 is 18.9 Å². The summed E-state index contributed by atoms with van der Waals surface area (Å²) in [5.74, 6) is -0.698. The van der Waals surface area contributed by atoms with E-state index in [1.807, 2.05) is 6.07 Å². The fraction of sp³-hybridized carbons (Fsp3) is 0.385. The summed E-state index contributed by atoms with van der Waals surface area (Å²) >= 11 is 0. The van der Waals surface area contributed by atoms with Crippen LogP contribution in [0.1, 0.15) is 28.8 Å². The van der Waals surface area contributed by atoms with Gasteiger partial charge in [0.25, 0.3) is 5.91 Å². The van der Waals surface area contributed by atoms with E-state index in [9.17, 15) is 13.8 Å². The number of aliphatic carboxylic acids is 1. The van der Waals surface area contributed by atoms with Crippen LogP contribution in [0.5, 0.6) is 0 Å². The molecule has 1 rings (SSSR count). The quantitative estimate of drug-likeness (QED) is 0.736. The van der Waals surface area contributed by atoms with Gasteiger partial charge in [0.2, 0.25) is 0 Å². The zero-order valence-corrected chi connectivity index (χ0v) is 11.5. The van der Waals surface area contributed by atoms with Gasteiger partial charge in [-0.1, -0.05) is 12.1 Å². The maximum absolute atomic E-state index is 11.8. The molecule has 0 heterocycles. The highest BCUT2D eigenvalue weighted by molar-refractivity contribution is 7.83. The Morgan fingerprint density at radius 3 is 2.74 bits per heavy atom. The number of amides is 1. The molecule has 1 atom stereocenters. The fourth-order valence-electron chi connectivity index (χ4n) is 1.58. The van der Waals surface area contributed by atoms with E-state index in [1.54, 1.807) is 24.5 Å². The van der Waals surface area contributed by atoms with E-state index in [0.717, 1.165) is 5.56 Å². The predicted molar refractivity (Wildman–Crippen MR) is 73.4 cm³/mol. The van der Waals surface area contributed by atoms with Crippen molar-refractivity contribution in [1.82, 2.24) is 5.32 Å². The molecule has 0 saturated carbocycles. The zero-order chi connectivity index (χ0) is 14.3. The molecule has 0 aliphatic heterocycles. The Hall–Kier alpha value is -1.69. The summed E-state index contributed by atoms with van der Waals surface area (Å²) in [4.78, 5) is 22.1. The summed E-state index contributed by atoms with van der Waals surface area (Å²) in [6.07, 6.45) is 2.05. The molecule has 1 aromatic carbocycles. The van der Waals surface area contributed by atoms with Crippen LogP contribution in [0.15, 0.2) is 24.3 Å². The molecule has 1 amide bonds. The topological polar surface area (TPSA) is 83.5 Å². The lowest BCUT2D eigenvalue weighted by Gasteiger charge is -2.06. The van der Waals surface area contributed by atoms with Crippen LogP contribution < -0.4 is 5.32 Å². The number of carboxylic acid groups (broad SMARTS) is 1. The molecule has 6 heteroatoms. The lowest BCUT2D eigenvalue weighted by molar-refractivity contribution is -0.137. The number of rotatable bonds is 7. The third-order valence-electron chi connectivity index (χ3n) is 2.41. The van der Waals surface area contributed by atoms with Gasteiger partial charge in [-0.3, -0.25) is 13.8 Å². The van der Waals surface area contributed by atoms with Crippen LogP contribution in [0, 0.1) is 0 Å². The number of nitrogens with one attached hydrogen (secondary N) is 1. The summed E-state index contributed by atoms with van der Waals surface area (Å²) in [6.45, 7) is 0.328. The number of carbonyl (C=O) groups excluding carboxylic acids is 1. The first-order valence-electron chi connectivity index (χ1n) is 5.88. The maximum atomic E-state index is 11.8. The number of carboxylic acids is 1. The Bertz CT molecular complexity index is 487. The molecule has 0 aliphatic rings. The highest BCUT2D eigenvalue weighted by atomic mass is 32.2. The van der Waals surface area contributed by atoms with Crippen molar-refractivity contribution in [2.45, 2.75) is 18.6 Å². The molecule has 0 aromatic heterocycles. The Labute approximate surface area is 114 Å².